The van der Waals surface area contributed by atoms with Crippen molar-refractivity contribution in [3.63, 3.8) is 0 Å². The highest BCUT2D eigenvalue weighted by atomic mass is 16.1. The minimum Gasteiger partial charge on any atom is -0.330 e. The summed E-state index contributed by atoms with van der Waals surface area (Å²) in [6, 6.07) is 10.4. The number of hydrogen-bond donors (Lipinski definition) is 3. The van der Waals surface area contributed by atoms with Crippen molar-refractivity contribution in [1.29, 1.82) is 0 Å². The van der Waals surface area contributed by atoms with Crippen LogP contribution in [0.3, 0.4) is 0 Å². The molecule has 0 amide bonds. The van der Waals surface area contributed by atoms with E-state index in [0.717, 1.165) is 19.4 Å². The van der Waals surface area contributed by atoms with Crippen LogP contribution >= 0.6 is 0 Å². The van der Waals surface area contributed by atoms with Crippen LogP contribution in [-0.2, 0) is 11.2 Å². The van der Waals surface area contributed by atoms with Crippen LogP contribution in [0.5, 0.6) is 0 Å². The third-order valence-electron chi connectivity index (χ3n) is 3.07. The zero-order valence-electron chi connectivity index (χ0n) is 11.6. The highest BCUT2D eigenvalue weighted by Gasteiger charge is 2.20. The maximum absolute atomic E-state index is 11.9. The van der Waals surface area contributed by atoms with Crippen molar-refractivity contribution in [2.24, 2.45) is 11.5 Å². The molecule has 19 heavy (non-hydrogen) atoms. The van der Waals surface area contributed by atoms with Gasteiger partial charge in [0, 0.05) is 6.54 Å². The highest BCUT2D eigenvalue weighted by Crippen LogP contribution is 2.04. The first-order chi connectivity index (χ1) is 9.15. The molecule has 0 bridgehead atoms. The first-order valence-corrected chi connectivity index (χ1v) is 6.76. The van der Waals surface area contributed by atoms with Gasteiger partial charge in [-0.05, 0) is 38.3 Å². The van der Waals surface area contributed by atoms with Crippen molar-refractivity contribution in [1.82, 2.24) is 5.32 Å². The van der Waals surface area contributed by atoms with Gasteiger partial charge in [0.1, 0.15) is 6.04 Å². The van der Waals surface area contributed by atoms with E-state index in [1.807, 2.05) is 18.2 Å². The van der Waals surface area contributed by atoms with Crippen LogP contribution in [0.25, 0.3) is 0 Å². The molecule has 0 aliphatic heterocycles. The number of hydrogen-bond acceptors (Lipinski definition) is 4. The Morgan fingerprint density at radius 2 is 2.00 bits per heavy atom. The molecule has 1 radical (unpaired) electrons. The summed E-state index contributed by atoms with van der Waals surface area (Å²) in [5, 5.41) is 3.14. The summed E-state index contributed by atoms with van der Waals surface area (Å²) in [5.74, 6) is -0.0125. The van der Waals surface area contributed by atoms with Crippen molar-refractivity contribution in [3.05, 3.63) is 41.9 Å². The van der Waals surface area contributed by atoms with Gasteiger partial charge in [-0.25, -0.2) is 0 Å². The van der Waals surface area contributed by atoms with Gasteiger partial charge in [0.05, 0.1) is 6.04 Å². The maximum Gasteiger partial charge on any atom is 0.171 e. The summed E-state index contributed by atoms with van der Waals surface area (Å²) < 4.78 is 0. The van der Waals surface area contributed by atoms with E-state index in [9.17, 15) is 4.79 Å². The molecule has 0 saturated carbocycles. The van der Waals surface area contributed by atoms with Crippen molar-refractivity contribution in [2.75, 3.05) is 13.1 Å². The molecule has 1 aromatic rings. The van der Waals surface area contributed by atoms with E-state index in [1.165, 1.54) is 5.56 Å². The van der Waals surface area contributed by atoms with E-state index in [2.05, 4.69) is 17.4 Å². The normalized spacial score (nSPS) is 12.6. The van der Waals surface area contributed by atoms with E-state index >= 15 is 0 Å². The SMILES string of the molecule is C[C](NCCc1ccccc1)C(=O)[C@H](N)CCCN. The van der Waals surface area contributed by atoms with Gasteiger partial charge in [-0.2, -0.15) is 0 Å². The van der Waals surface area contributed by atoms with E-state index in [0.29, 0.717) is 19.0 Å². The average Bonchev–Trinajstić information content (AvgIpc) is 2.44. The largest absolute Gasteiger partial charge is 0.330 e. The van der Waals surface area contributed by atoms with Crippen LogP contribution in [0.1, 0.15) is 25.3 Å². The molecular formula is C15H24N3O. The van der Waals surface area contributed by atoms with Gasteiger partial charge in [0.2, 0.25) is 0 Å². The Kier molecular flexibility index (Phi) is 7.33. The number of ketones is 1. The van der Waals surface area contributed by atoms with Gasteiger partial charge in [-0.15, -0.1) is 0 Å². The first-order valence-electron chi connectivity index (χ1n) is 6.76. The Hall–Kier alpha value is -1.23. The van der Waals surface area contributed by atoms with Gasteiger partial charge in [-0.3, -0.25) is 4.79 Å². The number of nitrogens with two attached hydrogens (primary N) is 2. The lowest BCUT2D eigenvalue weighted by atomic mass is 10.0. The van der Waals surface area contributed by atoms with E-state index in [1.54, 1.807) is 6.92 Å². The van der Waals surface area contributed by atoms with Gasteiger partial charge in [0.15, 0.2) is 5.78 Å². The number of carbonyl (C=O) groups excluding carboxylic acids is 1. The predicted molar refractivity (Wildman–Crippen MR) is 78.3 cm³/mol. The van der Waals surface area contributed by atoms with Crippen LogP contribution in [0.2, 0.25) is 0 Å². The monoisotopic (exact) mass is 262 g/mol. The van der Waals surface area contributed by atoms with Crippen LogP contribution in [-0.4, -0.2) is 24.9 Å². The molecule has 1 atom stereocenters. The molecule has 0 aliphatic rings. The molecule has 0 fully saturated rings. The average molecular weight is 262 g/mol. The molecule has 0 spiro atoms. The van der Waals surface area contributed by atoms with Crippen molar-refractivity contribution < 1.29 is 4.79 Å². The van der Waals surface area contributed by atoms with Crippen molar-refractivity contribution in [2.45, 2.75) is 32.2 Å². The first kappa shape index (κ1) is 15.8. The van der Waals surface area contributed by atoms with Crippen molar-refractivity contribution in [3.8, 4) is 0 Å². The molecule has 0 saturated heterocycles. The van der Waals surface area contributed by atoms with E-state index in [-0.39, 0.29) is 5.78 Å². The number of carbonyl (C=O) groups is 1. The standard InChI is InChI=1S/C15H24N3O/c1-12(15(19)14(17)8-5-10-16)18-11-9-13-6-3-2-4-7-13/h2-4,6-7,14,18H,5,8-11,16-17H2,1H3/t14-/m1/s1. The summed E-state index contributed by atoms with van der Waals surface area (Å²) in [7, 11) is 0. The van der Waals surface area contributed by atoms with Crippen LogP contribution in [0.15, 0.2) is 30.3 Å². The number of benzene rings is 1. The quantitative estimate of drug-likeness (QED) is 0.620. The number of nitrogens with one attached hydrogen (secondary N) is 1. The third-order valence-corrected chi connectivity index (χ3v) is 3.07. The lowest BCUT2D eigenvalue weighted by Gasteiger charge is -2.16. The molecule has 0 aromatic heterocycles. The second-order valence-corrected chi connectivity index (χ2v) is 4.69. The predicted octanol–water partition coefficient (Wildman–Crippen LogP) is 1.01. The van der Waals surface area contributed by atoms with Crippen LogP contribution in [0, 0.1) is 6.04 Å². The smallest absolute Gasteiger partial charge is 0.171 e. The summed E-state index contributed by atoms with van der Waals surface area (Å²) in [6.07, 6.45) is 2.32. The Morgan fingerprint density at radius 1 is 1.32 bits per heavy atom. The van der Waals surface area contributed by atoms with Crippen LogP contribution < -0.4 is 16.8 Å². The molecule has 0 aliphatic carbocycles. The summed E-state index contributed by atoms with van der Waals surface area (Å²) in [4.78, 5) is 11.9. The molecular weight excluding hydrogens is 238 g/mol. The zero-order chi connectivity index (χ0) is 14.1. The zero-order valence-corrected chi connectivity index (χ0v) is 11.6. The van der Waals surface area contributed by atoms with E-state index in [4.69, 9.17) is 11.5 Å². The van der Waals surface area contributed by atoms with Crippen LogP contribution in [0.4, 0.5) is 0 Å². The lowest BCUT2D eigenvalue weighted by Crippen LogP contribution is -2.40. The fourth-order valence-electron chi connectivity index (χ4n) is 1.87. The van der Waals surface area contributed by atoms with Gasteiger partial charge < -0.3 is 16.8 Å². The molecule has 5 N–H and O–H groups in total. The Morgan fingerprint density at radius 3 is 2.63 bits per heavy atom. The van der Waals surface area contributed by atoms with Gasteiger partial charge in [0.25, 0.3) is 0 Å². The Labute approximate surface area is 115 Å². The molecule has 1 rings (SSSR count). The van der Waals surface area contributed by atoms with Gasteiger partial charge in [-0.1, -0.05) is 30.3 Å². The summed E-state index contributed by atoms with van der Waals surface area (Å²) >= 11 is 0. The van der Waals surface area contributed by atoms with Gasteiger partial charge >= 0.3 is 0 Å². The molecule has 4 nitrogen and oxygen atoms in total. The van der Waals surface area contributed by atoms with Crippen molar-refractivity contribution >= 4 is 5.78 Å². The fourth-order valence-corrected chi connectivity index (χ4v) is 1.87. The molecule has 0 unspecified atom stereocenters. The molecule has 105 valence electrons. The second kappa shape index (κ2) is 8.80. The lowest BCUT2D eigenvalue weighted by molar-refractivity contribution is -0.119. The summed E-state index contributed by atoms with van der Waals surface area (Å²) in [5.41, 5.74) is 12.5. The minimum absolute atomic E-state index is 0.0125. The minimum atomic E-state index is -0.437. The number of Topliss-reactive ketones (excluding diaryl/α,β-unsaturated/α-hetero) is 1. The number of rotatable bonds is 9. The maximum atomic E-state index is 11.9. The second-order valence-electron chi connectivity index (χ2n) is 4.69. The summed E-state index contributed by atoms with van der Waals surface area (Å²) in [6.45, 7) is 3.10. The Balaban J connectivity index is 2.26. The molecule has 1 aromatic carbocycles. The highest BCUT2D eigenvalue weighted by molar-refractivity contribution is 5.95. The van der Waals surface area contributed by atoms with E-state index < -0.39 is 6.04 Å². The molecule has 4 heteroatoms. The fraction of sp³-hybridized carbons (Fsp3) is 0.467. The third kappa shape index (κ3) is 5.96. The topological polar surface area (TPSA) is 81.1 Å². The molecule has 0 heterocycles. The Bertz CT molecular complexity index is 367.